The summed E-state index contributed by atoms with van der Waals surface area (Å²) in [5, 5.41) is 3.15. The van der Waals surface area contributed by atoms with Gasteiger partial charge in [0.15, 0.2) is 0 Å². The van der Waals surface area contributed by atoms with Crippen LogP contribution in [-0.4, -0.2) is 48.0 Å². The molecule has 0 aliphatic carbocycles. The SMILES string of the molecule is O=C(NCC1CCN([C@@H]2CCSC2)CC1)c1ccc(-c2ccccc2)cc1. The zero-order valence-corrected chi connectivity index (χ0v) is 16.6. The van der Waals surface area contributed by atoms with E-state index < -0.39 is 0 Å². The molecule has 0 unspecified atom stereocenters. The molecule has 1 N–H and O–H groups in total. The zero-order chi connectivity index (χ0) is 18.5. The molecular formula is C23H28N2OS. The standard InChI is InChI=1S/C23H28N2OS/c26-23(21-8-6-20(7-9-21)19-4-2-1-3-5-19)24-16-18-10-13-25(14-11-18)22-12-15-27-17-22/h1-9,18,22H,10-17H2,(H,24,26)/t22-/m1/s1. The highest BCUT2D eigenvalue weighted by Gasteiger charge is 2.27. The number of carbonyl (C=O) groups excluding carboxylic acids is 1. The minimum atomic E-state index is 0.0456. The Bertz CT molecular complexity index is 733. The average Bonchev–Trinajstić information content (AvgIpc) is 3.28. The Hall–Kier alpha value is -1.78. The number of nitrogens with one attached hydrogen (secondary N) is 1. The van der Waals surface area contributed by atoms with Crippen LogP contribution in [-0.2, 0) is 0 Å². The quantitative estimate of drug-likeness (QED) is 0.839. The number of nitrogens with zero attached hydrogens (tertiary/aromatic N) is 1. The average molecular weight is 381 g/mol. The van der Waals surface area contributed by atoms with Crippen LogP contribution in [0.1, 0.15) is 29.6 Å². The van der Waals surface area contributed by atoms with Crippen molar-refractivity contribution in [2.24, 2.45) is 5.92 Å². The van der Waals surface area contributed by atoms with E-state index in [4.69, 9.17) is 0 Å². The van der Waals surface area contributed by atoms with Crippen LogP contribution in [0.4, 0.5) is 0 Å². The molecule has 0 saturated carbocycles. The zero-order valence-electron chi connectivity index (χ0n) is 15.8. The van der Waals surface area contributed by atoms with Crippen molar-refractivity contribution in [2.75, 3.05) is 31.1 Å². The van der Waals surface area contributed by atoms with Crippen molar-refractivity contribution >= 4 is 17.7 Å². The molecule has 0 radical (unpaired) electrons. The first-order valence-corrected chi connectivity index (χ1v) is 11.2. The van der Waals surface area contributed by atoms with Crippen molar-refractivity contribution in [2.45, 2.75) is 25.3 Å². The molecule has 4 rings (SSSR count). The molecule has 0 aromatic heterocycles. The molecule has 2 saturated heterocycles. The second-order valence-electron chi connectivity index (χ2n) is 7.65. The number of hydrogen-bond donors (Lipinski definition) is 1. The van der Waals surface area contributed by atoms with Crippen LogP contribution in [0.25, 0.3) is 11.1 Å². The maximum atomic E-state index is 12.5. The number of amides is 1. The number of carbonyl (C=O) groups is 1. The number of likely N-dealkylation sites (tertiary alicyclic amines) is 1. The third kappa shape index (κ3) is 4.74. The van der Waals surface area contributed by atoms with E-state index in [0.717, 1.165) is 23.7 Å². The summed E-state index contributed by atoms with van der Waals surface area (Å²) in [4.78, 5) is 15.2. The lowest BCUT2D eigenvalue weighted by Gasteiger charge is -2.35. The van der Waals surface area contributed by atoms with E-state index in [-0.39, 0.29) is 5.91 Å². The molecule has 1 amide bonds. The van der Waals surface area contributed by atoms with E-state index in [0.29, 0.717) is 5.92 Å². The Morgan fingerprint density at radius 3 is 2.33 bits per heavy atom. The fourth-order valence-electron chi connectivity index (χ4n) is 4.12. The number of piperidine rings is 1. The second kappa shape index (κ2) is 8.94. The highest BCUT2D eigenvalue weighted by Crippen LogP contribution is 2.26. The van der Waals surface area contributed by atoms with Crippen molar-refractivity contribution < 1.29 is 4.79 Å². The van der Waals surface area contributed by atoms with Crippen LogP contribution < -0.4 is 5.32 Å². The van der Waals surface area contributed by atoms with Crippen LogP contribution in [0.5, 0.6) is 0 Å². The van der Waals surface area contributed by atoms with Gasteiger partial charge in [-0.3, -0.25) is 9.69 Å². The molecular weight excluding hydrogens is 352 g/mol. The van der Waals surface area contributed by atoms with Crippen LogP contribution in [0, 0.1) is 5.92 Å². The highest BCUT2D eigenvalue weighted by atomic mass is 32.2. The van der Waals surface area contributed by atoms with Gasteiger partial charge in [-0.15, -0.1) is 0 Å². The van der Waals surface area contributed by atoms with Gasteiger partial charge in [0, 0.05) is 23.9 Å². The summed E-state index contributed by atoms with van der Waals surface area (Å²) in [6, 6.07) is 19.0. The highest BCUT2D eigenvalue weighted by molar-refractivity contribution is 7.99. The van der Waals surface area contributed by atoms with Crippen LogP contribution in [0.2, 0.25) is 0 Å². The van der Waals surface area contributed by atoms with E-state index >= 15 is 0 Å². The Labute approximate surface area is 166 Å². The lowest BCUT2D eigenvalue weighted by atomic mass is 9.95. The van der Waals surface area contributed by atoms with Gasteiger partial charge in [-0.25, -0.2) is 0 Å². The second-order valence-corrected chi connectivity index (χ2v) is 8.80. The summed E-state index contributed by atoms with van der Waals surface area (Å²) in [6.45, 7) is 3.18. The van der Waals surface area contributed by atoms with E-state index in [1.54, 1.807) is 0 Å². The molecule has 0 bridgehead atoms. The molecule has 4 heteroatoms. The first-order chi connectivity index (χ1) is 13.3. The summed E-state index contributed by atoms with van der Waals surface area (Å²) >= 11 is 2.09. The Kier molecular flexibility index (Phi) is 6.15. The lowest BCUT2D eigenvalue weighted by Crippen LogP contribution is -2.43. The third-order valence-corrected chi connectivity index (χ3v) is 7.02. The van der Waals surface area contributed by atoms with Crippen LogP contribution >= 0.6 is 11.8 Å². The first kappa shape index (κ1) is 18.6. The van der Waals surface area contributed by atoms with Gasteiger partial charge in [0.05, 0.1) is 0 Å². The predicted molar refractivity (Wildman–Crippen MR) is 114 cm³/mol. The summed E-state index contributed by atoms with van der Waals surface area (Å²) in [5.41, 5.74) is 3.07. The van der Waals surface area contributed by atoms with Gasteiger partial charge in [0.25, 0.3) is 5.91 Å². The third-order valence-electron chi connectivity index (χ3n) is 5.88. The number of thioether (sulfide) groups is 1. The Morgan fingerprint density at radius 1 is 0.963 bits per heavy atom. The van der Waals surface area contributed by atoms with Gasteiger partial charge in [-0.05, 0) is 67.3 Å². The van der Waals surface area contributed by atoms with Gasteiger partial charge in [0.1, 0.15) is 0 Å². The van der Waals surface area contributed by atoms with Crippen LogP contribution in [0.15, 0.2) is 54.6 Å². The number of hydrogen-bond acceptors (Lipinski definition) is 3. The van der Waals surface area contributed by atoms with E-state index in [2.05, 4.69) is 34.1 Å². The predicted octanol–water partition coefficient (Wildman–Crippen LogP) is 4.30. The Balaban J connectivity index is 1.25. The van der Waals surface area contributed by atoms with E-state index in [1.807, 2.05) is 42.5 Å². The maximum Gasteiger partial charge on any atom is 0.251 e. The van der Waals surface area contributed by atoms with Crippen molar-refractivity contribution in [3.63, 3.8) is 0 Å². The van der Waals surface area contributed by atoms with Crippen molar-refractivity contribution in [3.8, 4) is 11.1 Å². The topological polar surface area (TPSA) is 32.3 Å². The normalized spacial score (nSPS) is 21.3. The van der Waals surface area contributed by atoms with Gasteiger partial charge in [-0.2, -0.15) is 11.8 Å². The van der Waals surface area contributed by atoms with Gasteiger partial charge in [0.2, 0.25) is 0 Å². The Morgan fingerprint density at radius 2 is 1.67 bits per heavy atom. The molecule has 2 fully saturated rings. The van der Waals surface area contributed by atoms with Crippen molar-refractivity contribution in [3.05, 3.63) is 60.2 Å². The summed E-state index contributed by atoms with van der Waals surface area (Å²) in [5.74, 6) is 3.29. The summed E-state index contributed by atoms with van der Waals surface area (Å²) < 4.78 is 0. The van der Waals surface area contributed by atoms with Crippen LogP contribution in [0.3, 0.4) is 0 Å². The van der Waals surface area contributed by atoms with E-state index in [1.165, 1.54) is 49.4 Å². The van der Waals surface area contributed by atoms with Crippen molar-refractivity contribution in [1.29, 1.82) is 0 Å². The smallest absolute Gasteiger partial charge is 0.251 e. The van der Waals surface area contributed by atoms with Crippen molar-refractivity contribution in [1.82, 2.24) is 10.2 Å². The molecule has 27 heavy (non-hydrogen) atoms. The minimum Gasteiger partial charge on any atom is -0.352 e. The van der Waals surface area contributed by atoms with Gasteiger partial charge in [-0.1, -0.05) is 42.5 Å². The lowest BCUT2D eigenvalue weighted by molar-refractivity contribution is 0.0928. The molecule has 2 aliphatic heterocycles. The molecule has 1 atom stereocenters. The number of rotatable bonds is 5. The molecule has 2 aromatic rings. The fraction of sp³-hybridized carbons (Fsp3) is 0.435. The molecule has 3 nitrogen and oxygen atoms in total. The summed E-state index contributed by atoms with van der Waals surface area (Å²) in [7, 11) is 0. The fourth-order valence-corrected chi connectivity index (χ4v) is 5.37. The largest absolute Gasteiger partial charge is 0.352 e. The van der Waals surface area contributed by atoms with Gasteiger partial charge >= 0.3 is 0 Å². The molecule has 2 aliphatic rings. The summed E-state index contributed by atoms with van der Waals surface area (Å²) in [6.07, 6.45) is 3.76. The molecule has 0 spiro atoms. The van der Waals surface area contributed by atoms with Gasteiger partial charge < -0.3 is 5.32 Å². The monoisotopic (exact) mass is 380 g/mol. The molecule has 2 heterocycles. The molecule has 2 aromatic carbocycles. The number of benzene rings is 2. The maximum absolute atomic E-state index is 12.5. The molecule has 142 valence electrons. The van der Waals surface area contributed by atoms with E-state index in [9.17, 15) is 4.79 Å². The first-order valence-electron chi connectivity index (χ1n) is 10.0. The minimum absolute atomic E-state index is 0.0456.